The van der Waals surface area contributed by atoms with Crippen LogP contribution in [0.5, 0.6) is 0 Å². The first kappa shape index (κ1) is 19.4. The number of nitrogens with one attached hydrogen (secondary N) is 1. The molecule has 9 heteroatoms. The highest BCUT2D eigenvalue weighted by Crippen LogP contribution is 2.30. The van der Waals surface area contributed by atoms with Gasteiger partial charge in [-0.25, -0.2) is 18.3 Å². The van der Waals surface area contributed by atoms with Crippen molar-refractivity contribution in [1.29, 1.82) is 0 Å². The summed E-state index contributed by atoms with van der Waals surface area (Å²) < 4.78 is 29.7. The van der Waals surface area contributed by atoms with Crippen molar-refractivity contribution in [3.63, 3.8) is 0 Å². The molecule has 4 rings (SSSR count). The second kappa shape index (κ2) is 7.14. The molecule has 1 unspecified atom stereocenters. The monoisotopic (exact) mass is 399 g/mol. The van der Waals surface area contributed by atoms with E-state index < -0.39 is 12.0 Å². The maximum absolute atomic E-state index is 14.0. The van der Waals surface area contributed by atoms with Crippen LogP contribution in [0.25, 0.3) is 16.8 Å². The summed E-state index contributed by atoms with van der Waals surface area (Å²) in [6.07, 6.45) is 3.40. The lowest BCUT2D eigenvalue weighted by atomic mass is 10.1. The van der Waals surface area contributed by atoms with Gasteiger partial charge in [-0.05, 0) is 46.0 Å². The molecule has 1 N–H and O–H groups in total. The van der Waals surface area contributed by atoms with Crippen LogP contribution < -0.4 is 5.32 Å². The van der Waals surface area contributed by atoms with Crippen LogP contribution in [0.15, 0.2) is 35.6 Å². The van der Waals surface area contributed by atoms with Gasteiger partial charge in [0.15, 0.2) is 0 Å². The summed E-state index contributed by atoms with van der Waals surface area (Å²) in [4.78, 5) is 15.0. The quantitative estimate of drug-likeness (QED) is 0.679. The van der Waals surface area contributed by atoms with E-state index in [4.69, 9.17) is 0 Å². The molecule has 29 heavy (non-hydrogen) atoms. The van der Waals surface area contributed by atoms with Gasteiger partial charge in [0.25, 0.3) is 5.92 Å². The van der Waals surface area contributed by atoms with Crippen LogP contribution >= 0.6 is 0 Å². The first-order valence-corrected chi connectivity index (χ1v) is 9.40. The average molecular weight is 399 g/mol. The standard InChI is InChI=1S/C20H23F2N7/c1-12(2)24-15-5-6-16(25-13(15)3)14-7-8-29-17(14)9-23-19(27-29)26-18-10-28(4)11-20(18,21)22/h5-9,18H,10-11H2,1-4H3,(H,26,27). The molecule has 1 atom stereocenters. The van der Waals surface area contributed by atoms with Gasteiger partial charge in [-0.15, -0.1) is 5.10 Å². The van der Waals surface area contributed by atoms with Gasteiger partial charge in [0.1, 0.15) is 6.04 Å². The van der Waals surface area contributed by atoms with Crippen LogP contribution in [0.4, 0.5) is 20.4 Å². The van der Waals surface area contributed by atoms with Gasteiger partial charge in [-0.2, -0.15) is 0 Å². The number of likely N-dealkylation sites (tertiary alicyclic amines) is 1. The Balaban J connectivity index is 1.62. The Kier molecular flexibility index (Phi) is 4.77. The zero-order valence-corrected chi connectivity index (χ0v) is 16.8. The highest BCUT2D eigenvalue weighted by molar-refractivity contribution is 5.83. The maximum Gasteiger partial charge on any atom is 0.281 e. The van der Waals surface area contributed by atoms with Gasteiger partial charge in [-0.3, -0.25) is 14.9 Å². The topological polar surface area (TPSA) is 70.7 Å². The summed E-state index contributed by atoms with van der Waals surface area (Å²) in [7, 11) is 1.67. The number of aryl methyl sites for hydroxylation is 1. The fourth-order valence-electron chi connectivity index (χ4n) is 3.53. The minimum atomic E-state index is -2.82. The second-order valence-electron chi connectivity index (χ2n) is 7.66. The molecule has 0 aromatic carbocycles. The van der Waals surface area contributed by atoms with E-state index in [-0.39, 0.29) is 19.0 Å². The van der Waals surface area contributed by atoms with Crippen molar-refractivity contribution in [2.24, 2.45) is 4.99 Å². The molecule has 7 nitrogen and oxygen atoms in total. The maximum atomic E-state index is 14.0. The first-order valence-electron chi connectivity index (χ1n) is 9.40. The first-order chi connectivity index (χ1) is 13.7. The zero-order valence-electron chi connectivity index (χ0n) is 16.8. The number of rotatable bonds is 4. The SMILES string of the molecule is CC(C)=Nc1ccc(-c2ccn3nc(NC4CN(C)CC4(F)F)ncc23)nc1C. The largest absolute Gasteiger partial charge is 0.343 e. The van der Waals surface area contributed by atoms with E-state index in [0.29, 0.717) is 0 Å². The Hall–Kier alpha value is -2.94. The molecule has 1 fully saturated rings. The summed E-state index contributed by atoms with van der Waals surface area (Å²) >= 11 is 0. The van der Waals surface area contributed by atoms with Crippen molar-refractivity contribution < 1.29 is 8.78 Å². The van der Waals surface area contributed by atoms with Gasteiger partial charge in [0, 0.05) is 24.0 Å². The number of anilines is 1. The lowest BCUT2D eigenvalue weighted by molar-refractivity contribution is 0.00584. The van der Waals surface area contributed by atoms with Crippen LogP contribution in [-0.2, 0) is 0 Å². The highest BCUT2D eigenvalue weighted by atomic mass is 19.3. The average Bonchev–Trinajstić information content (AvgIpc) is 3.16. The third-order valence-corrected chi connectivity index (χ3v) is 4.88. The number of hydrogen-bond acceptors (Lipinski definition) is 6. The number of hydrogen-bond donors (Lipinski definition) is 1. The minimum Gasteiger partial charge on any atom is -0.343 e. The Morgan fingerprint density at radius 2 is 2.07 bits per heavy atom. The second-order valence-corrected chi connectivity index (χ2v) is 7.66. The number of aliphatic imine (C=N–C) groups is 1. The van der Waals surface area contributed by atoms with E-state index in [9.17, 15) is 8.78 Å². The molecule has 0 radical (unpaired) electrons. The fourth-order valence-corrected chi connectivity index (χ4v) is 3.53. The molecule has 1 aliphatic heterocycles. The van der Waals surface area contributed by atoms with Crippen molar-refractivity contribution in [3.05, 3.63) is 36.3 Å². The number of nitrogens with zero attached hydrogens (tertiary/aromatic N) is 6. The third kappa shape index (κ3) is 3.82. The molecule has 152 valence electrons. The van der Waals surface area contributed by atoms with Crippen LogP contribution in [0.3, 0.4) is 0 Å². The normalized spacial score (nSPS) is 18.9. The molecular formula is C20H23F2N7. The molecule has 0 bridgehead atoms. The van der Waals surface area contributed by atoms with Gasteiger partial charge in [-0.1, -0.05) is 0 Å². The van der Waals surface area contributed by atoms with Crippen LogP contribution in [-0.4, -0.2) is 62.3 Å². The summed E-state index contributed by atoms with van der Waals surface area (Å²) in [5.41, 5.74) is 5.03. The van der Waals surface area contributed by atoms with E-state index in [0.717, 1.165) is 33.9 Å². The molecule has 1 saturated heterocycles. The summed E-state index contributed by atoms with van der Waals surface area (Å²) in [5, 5.41) is 7.12. The smallest absolute Gasteiger partial charge is 0.281 e. The van der Waals surface area contributed by atoms with Gasteiger partial charge < -0.3 is 5.32 Å². The van der Waals surface area contributed by atoms with E-state index in [1.165, 1.54) is 0 Å². The molecule has 1 aliphatic rings. The van der Waals surface area contributed by atoms with Crippen LogP contribution in [0, 0.1) is 6.92 Å². The molecule has 0 aliphatic carbocycles. The lowest BCUT2D eigenvalue weighted by Crippen LogP contribution is -2.38. The molecule has 0 amide bonds. The predicted octanol–water partition coefficient (Wildman–Crippen LogP) is 3.57. The number of fused-ring (bicyclic) bond motifs is 1. The Morgan fingerprint density at radius 1 is 1.28 bits per heavy atom. The molecular weight excluding hydrogens is 376 g/mol. The Bertz CT molecular complexity index is 1090. The fraction of sp³-hybridized carbons (Fsp3) is 0.400. The van der Waals surface area contributed by atoms with Gasteiger partial charge >= 0.3 is 0 Å². The summed E-state index contributed by atoms with van der Waals surface area (Å²) in [6, 6.07) is 4.72. The number of aromatic nitrogens is 4. The van der Waals surface area contributed by atoms with Crippen molar-refractivity contribution in [2.45, 2.75) is 32.7 Å². The lowest BCUT2D eigenvalue weighted by Gasteiger charge is -2.18. The number of alkyl halides is 2. The third-order valence-electron chi connectivity index (χ3n) is 4.88. The van der Waals surface area contributed by atoms with Crippen molar-refractivity contribution in [2.75, 3.05) is 25.5 Å². The Morgan fingerprint density at radius 3 is 2.72 bits per heavy atom. The molecule has 0 saturated carbocycles. The van der Waals surface area contributed by atoms with Crippen LogP contribution in [0.2, 0.25) is 0 Å². The number of pyridine rings is 1. The molecule has 0 spiro atoms. The number of likely N-dealkylation sites (N-methyl/N-ethyl adjacent to an activating group) is 1. The molecule has 3 aromatic heterocycles. The predicted molar refractivity (Wildman–Crippen MR) is 109 cm³/mol. The molecule has 3 aromatic rings. The summed E-state index contributed by atoms with van der Waals surface area (Å²) in [5.74, 6) is -2.65. The highest BCUT2D eigenvalue weighted by Gasteiger charge is 2.47. The van der Waals surface area contributed by atoms with Crippen molar-refractivity contribution in [1.82, 2.24) is 24.5 Å². The van der Waals surface area contributed by atoms with Crippen LogP contribution in [0.1, 0.15) is 19.5 Å². The summed E-state index contributed by atoms with van der Waals surface area (Å²) in [6.45, 7) is 5.76. The van der Waals surface area contributed by atoms with E-state index in [2.05, 4.69) is 25.4 Å². The Labute approximate surface area is 167 Å². The zero-order chi connectivity index (χ0) is 20.8. The van der Waals surface area contributed by atoms with E-state index >= 15 is 0 Å². The van der Waals surface area contributed by atoms with Gasteiger partial charge in [0.2, 0.25) is 5.95 Å². The number of halogens is 2. The van der Waals surface area contributed by atoms with E-state index in [1.807, 2.05) is 39.0 Å². The van der Waals surface area contributed by atoms with E-state index in [1.54, 1.807) is 28.9 Å². The van der Waals surface area contributed by atoms with Crippen molar-refractivity contribution in [3.8, 4) is 11.3 Å². The van der Waals surface area contributed by atoms with Gasteiger partial charge in [0.05, 0.1) is 35.3 Å². The molecule has 4 heterocycles. The minimum absolute atomic E-state index is 0.173. The van der Waals surface area contributed by atoms with Crippen molar-refractivity contribution >= 4 is 22.9 Å².